The molecular formula is C39H55N7O15. The molecule has 0 aliphatic carbocycles. The minimum atomic E-state index is -1.79. The predicted octanol–water partition coefficient (Wildman–Crippen LogP) is 3.88. The van der Waals surface area contributed by atoms with Gasteiger partial charge in [-0.1, -0.05) is 39.2 Å². The minimum Gasteiger partial charge on any atom is -0.497 e. The van der Waals surface area contributed by atoms with Gasteiger partial charge in [-0.05, 0) is 67.8 Å². The van der Waals surface area contributed by atoms with Gasteiger partial charge in [-0.15, -0.1) is 0 Å². The van der Waals surface area contributed by atoms with E-state index in [4.69, 9.17) is 28.9 Å². The Labute approximate surface area is 351 Å². The molecule has 336 valence electrons. The molecule has 1 heterocycles. The number of rotatable bonds is 24. The van der Waals surface area contributed by atoms with Gasteiger partial charge < -0.3 is 68.5 Å². The Bertz CT molecular complexity index is 1990. The molecule has 0 saturated carbocycles. The van der Waals surface area contributed by atoms with Crippen LogP contribution in [0.1, 0.15) is 89.2 Å². The maximum atomic E-state index is 13.6. The fourth-order valence-electron chi connectivity index (χ4n) is 5.84. The number of carboxylic acids is 3. The lowest BCUT2D eigenvalue weighted by Crippen LogP contribution is -2.49. The van der Waals surface area contributed by atoms with E-state index in [0.29, 0.717) is 30.6 Å². The maximum Gasteiger partial charge on any atom is 0.363 e. The van der Waals surface area contributed by atoms with Crippen molar-refractivity contribution in [1.82, 2.24) is 39.5 Å². The quantitative estimate of drug-likeness (QED) is 0.0267. The van der Waals surface area contributed by atoms with Crippen LogP contribution in [0.15, 0.2) is 52.9 Å². The molecule has 0 spiro atoms. The van der Waals surface area contributed by atoms with Gasteiger partial charge in [0, 0.05) is 5.56 Å². The molecule has 22 nitrogen and oxygen atoms in total. The Kier molecular flexibility index (Phi) is 23.1. The van der Waals surface area contributed by atoms with Crippen LogP contribution in [0.5, 0.6) is 11.5 Å². The fraction of sp³-hybridized carbons (Fsp3) is 0.385. The molecule has 0 bridgehead atoms. The molecule has 0 saturated heterocycles. The summed E-state index contributed by atoms with van der Waals surface area (Å²) in [6.45, 7) is 4.18. The third-order valence-corrected chi connectivity index (χ3v) is 8.80. The second kappa shape index (κ2) is 26.1. The molecule has 1 aromatic heterocycles. The summed E-state index contributed by atoms with van der Waals surface area (Å²) in [6, 6.07) is 8.54. The number of aryl methyl sites for hydroxylation is 1. The van der Waals surface area contributed by atoms with Crippen LogP contribution in [-0.2, 0) is 28.8 Å². The van der Waals surface area contributed by atoms with Crippen LogP contribution in [0.2, 0.25) is 0 Å². The smallest absolute Gasteiger partial charge is 0.363 e. The number of unbranched alkanes of at least 4 members (excludes halogenated alkanes) is 2. The second-order valence-corrected chi connectivity index (χ2v) is 12.8. The number of hydroxylamine groups is 2. The first kappa shape index (κ1) is 54.0. The van der Waals surface area contributed by atoms with Gasteiger partial charge in [-0.3, -0.25) is 24.0 Å². The third-order valence-electron chi connectivity index (χ3n) is 8.80. The maximum absolute atomic E-state index is 13.6. The molecule has 61 heavy (non-hydrogen) atoms. The number of hydrogen-bond acceptors (Lipinski definition) is 15. The fourth-order valence-corrected chi connectivity index (χ4v) is 5.84. The summed E-state index contributed by atoms with van der Waals surface area (Å²) in [6.07, 6.45) is 2.30. The van der Waals surface area contributed by atoms with E-state index in [1.807, 2.05) is 6.92 Å². The van der Waals surface area contributed by atoms with Crippen molar-refractivity contribution in [3.63, 3.8) is 0 Å². The van der Waals surface area contributed by atoms with Gasteiger partial charge in [0.1, 0.15) is 23.3 Å². The lowest BCUT2D eigenvalue weighted by molar-refractivity contribution is -0.171. The van der Waals surface area contributed by atoms with Crippen molar-refractivity contribution in [3.8, 4) is 22.8 Å². The average molecular weight is 862 g/mol. The zero-order valence-electron chi connectivity index (χ0n) is 34.4. The first-order chi connectivity index (χ1) is 27.6. The van der Waals surface area contributed by atoms with Crippen LogP contribution in [0, 0.1) is 12.8 Å². The van der Waals surface area contributed by atoms with Gasteiger partial charge >= 0.3 is 23.9 Å². The molecule has 3 rings (SSSR count). The van der Waals surface area contributed by atoms with E-state index < -0.39 is 72.6 Å². The summed E-state index contributed by atoms with van der Waals surface area (Å²) in [4.78, 5) is 104. The first-order valence-corrected chi connectivity index (χ1v) is 18.1. The van der Waals surface area contributed by atoms with Crippen molar-refractivity contribution in [1.29, 1.82) is 0 Å². The summed E-state index contributed by atoms with van der Waals surface area (Å²) in [5.74, 6) is -8.31. The van der Waals surface area contributed by atoms with Crippen LogP contribution < -0.4 is 43.9 Å². The summed E-state index contributed by atoms with van der Waals surface area (Å²) >= 11 is 0. The Balaban J connectivity index is 0.0000120. The summed E-state index contributed by atoms with van der Waals surface area (Å²) < 4.78 is 16.1. The van der Waals surface area contributed by atoms with E-state index >= 15 is 0 Å². The van der Waals surface area contributed by atoms with Gasteiger partial charge in [0.15, 0.2) is 12.4 Å². The molecule has 22 heteroatoms. The highest BCUT2D eigenvalue weighted by atomic mass is 16.7. The van der Waals surface area contributed by atoms with E-state index in [9.17, 15) is 43.5 Å². The van der Waals surface area contributed by atoms with E-state index in [0.717, 1.165) is 17.9 Å². The zero-order valence-corrected chi connectivity index (χ0v) is 34.4. The summed E-state index contributed by atoms with van der Waals surface area (Å²) in [5.41, 5.74) is 0.672. The number of carbonyl (C=O) groups is 8. The van der Waals surface area contributed by atoms with E-state index in [1.165, 1.54) is 43.5 Å². The number of methoxy groups -OCH3 is 1. The molecule has 0 aliphatic heterocycles. The topological polar surface area (TPSA) is 382 Å². The Hall–Kier alpha value is -7.04. The van der Waals surface area contributed by atoms with Crippen molar-refractivity contribution in [2.24, 2.45) is 5.92 Å². The van der Waals surface area contributed by atoms with Crippen molar-refractivity contribution >= 4 is 48.0 Å². The molecule has 2 aromatic carbocycles. The van der Waals surface area contributed by atoms with Crippen molar-refractivity contribution in [2.75, 3.05) is 20.4 Å². The van der Waals surface area contributed by atoms with Crippen molar-refractivity contribution in [2.45, 2.75) is 71.4 Å². The Morgan fingerprint density at radius 1 is 0.852 bits per heavy atom. The number of nitrogens with zero attached hydrogens (tertiary/aromatic N) is 1. The van der Waals surface area contributed by atoms with E-state index in [2.05, 4.69) is 16.0 Å². The predicted molar refractivity (Wildman–Crippen MR) is 217 cm³/mol. The number of hydrogen-bond donors (Lipinski definition) is 9. The number of carboxylic acid groups (broad SMARTS) is 3. The lowest BCUT2D eigenvalue weighted by atomic mass is 9.90. The van der Waals surface area contributed by atoms with Gasteiger partial charge in [0.2, 0.25) is 12.3 Å². The summed E-state index contributed by atoms with van der Waals surface area (Å²) in [7, 11) is 1.49. The molecule has 0 unspecified atom stereocenters. The number of ether oxygens (including phenoxy) is 2. The number of nitrogens with one attached hydrogen (secondary N) is 3. The van der Waals surface area contributed by atoms with Crippen molar-refractivity contribution in [3.05, 3.63) is 71.0 Å². The summed E-state index contributed by atoms with van der Waals surface area (Å²) in [5, 5.41) is 35.5. The Morgan fingerprint density at radius 2 is 1.54 bits per heavy atom. The number of carbonyl (C=O) groups excluding carboxylic acids is 5. The molecule has 0 radical (unpaired) electrons. The molecule has 0 aliphatic rings. The normalized spacial score (nSPS) is 11.6. The second-order valence-electron chi connectivity index (χ2n) is 12.8. The average Bonchev–Trinajstić information content (AvgIpc) is 3.69. The number of aliphatic carboxylic acids is 3. The molecular weight excluding hydrogens is 806 g/mol. The third kappa shape index (κ3) is 15.6. The minimum absolute atomic E-state index is 0. The molecule has 15 N–H and O–H groups in total. The SMILES string of the molecule is CCCCC[C@@H](C(=O)NCNC(=O)c1ccc(-c2ccc(C(=O)N[C@@H](CC(=O)O)C(=O)O)c(OCC(=O)O)c2)o1)[C@@H](CC)N(C=O)OC(=O)c1ccc(OC)cc1C.N.N.N. The van der Waals surface area contributed by atoms with Crippen molar-refractivity contribution < 1.29 is 72.4 Å². The van der Waals surface area contributed by atoms with Gasteiger partial charge in [0.25, 0.3) is 11.8 Å². The monoisotopic (exact) mass is 861 g/mol. The highest BCUT2D eigenvalue weighted by molar-refractivity contribution is 6.00. The lowest BCUT2D eigenvalue weighted by Gasteiger charge is -2.32. The van der Waals surface area contributed by atoms with Crippen LogP contribution in [-0.4, -0.2) is 101 Å². The standard InChI is InChI=1S/C39H46N4O15.3H3N/c1-5-7-8-9-26(29(6-2)43(21-44)58-39(54)25-13-11-24(55-4)16-22(25)3)35(49)40-20-41-37(51)31-15-14-30(57-31)23-10-12-27(32(17-23)56-19-34(47)48)36(50)42-28(38(52)53)18-33(45)46;;;/h10-17,21,26,28-29H,5-9,18-20H2,1-4H3,(H,40,49)(H,41,51)(H,42,50)(H,45,46)(H,47,48)(H,52,53);3*1H3/t26-,28+,29-;;;/m1.../s1. The number of amides is 4. The van der Waals surface area contributed by atoms with E-state index in [-0.39, 0.29) is 65.5 Å². The largest absolute Gasteiger partial charge is 0.497 e. The number of furan rings is 1. The molecule has 4 amide bonds. The molecule has 3 atom stereocenters. The van der Waals surface area contributed by atoms with Gasteiger partial charge in [-0.2, -0.15) is 5.06 Å². The van der Waals surface area contributed by atoms with Crippen LogP contribution in [0.3, 0.4) is 0 Å². The highest BCUT2D eigenvalue weighted by Gasteiger charge is 2.34. The van der Waals surface area contributed by atoms with Crippen LogP contribution >= 0.6 is 0 Å². The van der Waals surface area contributed by atoms with E-state index in [1.54, 1.807) is 26.0 Å². The molecule has 3 aromatic rings. The first-order valence-electron chi connectivity index (χ1n) is 18.1. The highest BCUT2D eigenvalue weighted by Crippen LogP contribution is 2.30. The van der Waals surface area contributed by atoms with Crippen LogP contribution in [0.4, 0.5) is 0 Å². The molecule has 0 fully saturated rings. The zero-order chi connectivity index (χ0) is 42.9. The van der Waals surface area contributed by atoms with Gasteiger partial charge in [0.05, 0.1) is 43.3 Å². The number of benzene rings is 2. The van der Waals surface area contributed by atoms with Gasteiger partial charge in [-0.25, -0.2) is 14.4 Å². The van der Waals surface area contributed by atoms with Crippen LogP contribution in [0.25, 0.3) is 11.3 Å². The Morgan fingerprint density at radius 3 is 2.11 bits per heavy atom.